The topological polar surface area (TPSA) is 109 Å². The number of halogens is 1. The summed E-state index contributed by atoms with van der Waals surface area (Å²) in [5, 5.41) is 24.5. The van der Waals surface area contributed by atoms with E-state index in [4.69, 9.17) is 9.47 Å². The summed E-state index contributed by atoms with van der Waals surface area (Å²) in [5.74, 6) is -1.54. The zero-order valence-corrected chi connectivity index (χ0v) is 24.6. The molecule has 1 aromatic heterocycles. The van der Waals surface area contributed by atoms with Gasteiger partial charge in [-0.1, -0.05) is 56.7 Å². The monoisotopic (exact) mass is 631 g/mol. The molecule has 0 aromatic carbocycles. The molecule has 3 rings (SSSR count). The van der Waals surface area contributed by atoms with Gasteiger partial charge in [0.05, 0.1) is 41.9 Å². The first kappa shape index (κ1) is 29.4. The molecule has 0 spiro atoms. The second-order valence-electron chi connectivity index (χ2n) is 10.7. The van der Waals surface area contributed by atoms with Crippen molar-refractivity contribution in [1.82, 2.24) is 4.98 Å². The molecule has 3 heterocycles. The third kappa shape index (κ3) is 7.46. The highest BCUT2D eigenvalue weighted by molar-refractivity contribution is 14.1. The van der Waals surface area contributed by atoms with Crippen molar-refractivity contribution >= 4 is 57.8 Å². The van der Waals surface area contributed by atoms with Gasteiger partial charge in [0.15, 0.2) is 0 Å². The summed E-state index contributed by atoms with van der Waals surface area (Å²) in [5.41, 5.74) is 0.445. The Hall–Kier alpha value is -1.14. The number of ketones is 1. The highest BCUT2D eigenvalue weighted by Gasteiger charge is 2.44. The number of cyclic esters (lactones) is 1. The van der Waals surface area contributed by atoms with Gasteiger partial charge >= 0.3 is 5.97 Å². The second kappa shape index (κ2) is 12.6. The normalized spacial score (nSPS) is 34.9. The average Bonchev–Trinajstić information content (AvgIpc) is 3.41. The van der Waals surface area contributed by atoms with E-state index in [1.54, 1.807) is 20.8 Å². The number of nitrogens with zero attached hydrogens (tertiary/aromatic N) is 1. The summed E-state index contributed by atoms with van der Waals surface area (Å²) in [4.78, 5) is 30.7. The summed E-state index contributed by atoms with van der Waals surface area (Å²) in [6.45, 7) is 8.81. The third-order valence-electron chi connectivity index (χ3n) is 7.52. The molecule has 2 N–H and O–H groups in total. The van der Waals surface area contributed by atoms with Crippen LogP contribution < -0.4 is 0 Å². The van der Waals surface area contributed by atoms with E-state index in [1.165, 1.54) is 11.3 Å². The van der Waals surface area contributed by atoms with Gasteiger partial charge in [0.1, 0.15) is 16.9 Å². The van der Waals surface area contributed by atoms with Crippen molar-refractivity contribution < 1.29 is 29.3 Å². The van der Waals surface area contributed by atoms with Crippen molar-refractivity contribution in [2.75, 3.05) is 0 Å². The fourth-order valence-corrected chi connectivity index (χ4v) is 6.08. The van der Waals surface area contributed by atoms with Crippen LogP contribution in [0.25, 0.3) is 12.2 Å². The van der Waals surface area contributed by atoms with Crippen molar-refractivity contribution in [2.24, 2.45) is 17.3 Å². The number of esters is 1. The minimum Gasteiger partial charge on any atom is -0.458 e. The maximum atomic E-state index is 13.2. The first-order valence-electron chi connectivity index (χ1n) is 12.6. The van der Waals surface area contributed by atoms with Crippen LogP contribution in [0, 0.1) is 17.3 Å². The van der Waals surface area contributed by atoms with Crippen LogP contribution in [0.2, 0.25) is 0 Å². The van der Waals surface area contributed by atoms with E-state index in [2.05, 4.69) is 27.6 Å². The third-order valence-corrected chi connectivity index (χ3v) is 8.71. The van der Waals surface area contributed by atoms with E-state index < -0.39 is 35.6 Å². The van der Waals surface area contributed by atoms with Gasteiger partial charge in [0.2, 0.25) is 0 Å². The maximum Gasteiger partial charge on any atom is 0.309 e. The molecular formula is C27H38INO6S. The van der Waals surface area contributed by atoms with Crippen molar-refractivity contribution in [3.8, 4) is 0 Å². The van der Waals surface area contributed by atoms with E-state index in [0.717, 1.165) is 35.5 Å². The molecule has 1 aromatic rings. The largest absolute Gasteiger partial charge is 0.458 e. The molecule has 2 aliphatic heterocycles. The van der Waals surface area contributed by atoms with E-state index in [1.807, 2.05) is 35.5 Å². The minimum atomic E-state index is -1.23. The molecule has 0 amide bonds. The van der Waals surface area contributed by atoms with Crippen LogP contribution in [0.15, 0.2) is 15.0 Å². The Morgan fingerprint density at radius 3 is 2.64 bits per heavy atom. The van der Waals surface area contributed by atoms with Crippen LogP contribution in [0.3, 0.4) is 0 Å². The Balaban J connectivity index is 1.82. The summed E-state index contributed by atoms with van der Waals surface area (Å²) in [7, 11) is 0. The molecule has 2 aliphatic rings. The number of aliphatic hydroxyl groups is 2. The fourth-order valence-electron chi connectivity index (χ4n) is 4.83. The van der Waals surface area contributed by atoms with Crippen LogP contribution >= 0.6 is 33.9 Å². The molecule has 2 saturated heterocycles. The van der Waals surface area contributed by atoms with Gasteiger partial charge in [-0.05, 0) is 47.5 Å². The molecular weight excluding hydrogens is 593 g/mol. The molecule has 36 heavy (non-hydrogen) atoms. The summed E-state index contributed by atoms with van der Waals surface area (Å²) in [6.07, 6.45) is 4.11. The lowest BCUT2D eigenvalue weighted by atomic mass is 9.73. The summed E-state index contributed by atoms with van der Waals surface area (Å²) in [6, 6.07) is 0. The molecule has 7 atom stereocenters. The van der Waals surface area contributed by atoms with Crippen molar-refractivity contribution in [2.45, 2.75) is 97.2 Å². The van der Waals surface area contributed by atoms with Crippen LogP contribution in [0.1, 0.15) is 77.4 Å². The SMILES string of the molecule is CC(=Cc1csc(C=CI)n1)[C@H]1C[C@H]2O[C@H]2CCC[C@@H](C)[C@@H](O)[C@H](C)C(=O)C(C)(C)[C@H](O)CC(=O)O1. The molecule has 200 valence electrons. The number of epoxide rings is 1. The predicted octanol–water partition coefficient (Wildman–Crippen LogP) is 5.18. The predicted molar refractivity (Wildman–Crippen MR) is 150 cm³/mol. The Labute approximate surface area is 231 Å². The van der Waals surface area contributed by atoms with Gasteiger partial charge in [0, 0.05) is 17.7 Å². The van der Waals surface area contributed by atoms with E-state index >= 15 is 0 Å². The smallest absolute Gasteiger partial charge is 0.309 e. The first-order valence-corrected chi connectivity index (χ1v) is 14.7. The highest BCUT2D eigenvalue weighted by Crippen LogP contribution is 2.36. The van der Waals surface area contributed by atoms with Crippen LogP contribution in [-0.4, -0.2) is 57.5 Å². The van der Waals surface area contributed by atoms with E-state index in [0.29, 0.717) is 6.42 Å². The number of rotatable bonds is 3. The van der Waals surface area contributed by atoms with Crippen molar-refractivity contribution in [3.05, 3.63) is 25.7 Å². The molecule has 9 heteroatoms. The number of Topliss-reactive ketones (excluding diaryl/α,β-unsaturated/α-hetero) is 1. The molecule has 0 bridgehead atoms. The molecule has 0 unspecified atom stereocenters. The highest BCUT2D eigenvalue weighted by atomic mass is 127. The Morgan fingerprint density at radius 1 is 1.22 bits per heavy atom. The van der Waals surface area contributed by atoms with Crippen LogP contribution in [-0.2, 0) is 19.1 Å². The molecule has 7 nitrogen and oxygen atoms in total. The summed E-state index contributed by atoms with van der Waals surface area (Å²) >= 11 is 3.69. The zero-order chi connectivity index (χ0) is 26.6. The molecule has 2 fully saturated rings. The zero-order valence-electron chi connectivity index (χ0n) is 21.6. The van der Waals surface area contributed by atoms with Gasteiger partial charge in [-0.2, -0.15) is 0 Å². The second-order valence-corrected chi connectivity index (χ2v) is 12.3. The minimum absolute atomic E-state index is 0.00546. The quantitative estimate of drug-likeness (QED) is 0.269. The lowest BCUT2D eigenvalue weighted by Crippen LogP contribution is -2.45. The number of fused-ring (bicyclic) bond motifs is 1. The number of hydrogen-bond donors (Lipinski definition) is 2. The number of carbonyl (C=O) groups is 2. The standard InChI is InChI=1S/C27H38INO6S/c1-15-7-6-8-19-21(34-19)12-20(16(2)11-18-14-36-23(29-18)9-10-28)35-24(31)13-22(30)27(4,5)26(33)17(3)25(15)32/h9-11,14-15,17,19-22,25,30,32H,6-8,12-13H2,1-5H3/t15-,17+,19+,20-,21-,22-,25-/m1/s1. The van der Waals surface area contributed by atoms with Crippen LogP contribution in [0.5, 0.6) is 0 Å². The maximum absolute atomic E-state index is 13.2. The van der Waals surface area contributed by atoms with Crippen molar-refractivity contribution in [3.63, 3.8) is 0 Å². The summed E-state index contributed by atoms with van der Waals surface area (Å²) < 4.78 is 13.7. The Kier molecular flexibility index (Phi) is 10.3. The molecule has 0 aliphatic carbocycles. The lowest BCUT2D eigenvalue weighted by molar-refractivity contribution is -0.154. The van der Waals surface area contributed by atoms with Gasteiger partial charge in [-0.15, -0.1) is 11.3 Å². The Bertz CT molecular complexity index is 989. The number of ether oxygens (including phenoxy) is 2. The van der Waals surface area contributed by atoms with Crippen LogP contribution in [0.4, 0.5) is 0 Å². The van der Waals surface area contributed by atoms with Crippen molar-refractivity contribution in [1.29, 1.82) is 0 Å². The first-order chi connectivity index (χ1) is 16.9. The lowest BCUT2D eigenvalue weighted by Gasteiger charge is -2.34. The Morgan fingerprint density at radius 2 is 1.94 bits per heavy atom. The van der Waals surface area contributed by atoms with Gasteiger partial charge in [-0.3, -0.25) is 9.59 Å². The van der Waals surface area contributed by atoms with Gasteiger partial charge in [-0.25, -0.2) is 4.98 Å². The van der Waals surface area contributed by atoms with E-state index in [-0.39, 0.29) is 30.3 Å². The average molecular weight is 632 g/mol. The number of aliphatic hydroxyl groups excluding tert-OH is 2. The number of aromatic nitrogens is 1. The fraction of sp³-hybridized carbons (Fsp3) is 0.667. The van der Waals surface area contributed by atoms with Gasteiger partial charge < -0.3 is 19.7 Å². The number of thiazole rings is 1. The molecule has 0 saturated carbocycles. The number of hydrogen-bond acceptors (Lipinski definition) is 8. The molecule has 0 radical (unpaired) electrons. The van der Waals surface area contributed by atoms with Gasteiger partial charge in [0.25, 0.3) is 0 Å². The number of carbonyl (C=O) groups excluding carboxylic acids is 2. The van der Waals surface area contributed by atoms with E-state index in [9.17, 15) is 19.8 Å².